The van der Waals surface area contributed by atoms with Crippen LogP contribution in [0.1, 0.15) is 12.5 Å². The van der Waals surface area contributed by atoms with Gasteiger partial charge in [-0.15, -0.1) is 0 Å². The predicted octanol–water partition coefficient (Wildman–Crippen LogP) is 0.679. The number of carbonyl (C=O) groups excluding carboxylic acids is 1. The summed E-state index contributed by atoms with van der Waals surface area (Å²) >= 11 is 0. The molecule has 0 aliphatic carbocycles. The summed E-state index contributed by atoms with van der Waals surface area (Å²) in [6.45, 7) is 2.00. The van der Waals surface area contributed by atoms with Crippen molar-refractivity contribution in [3.05, 3.63) is 29.8 Å². The van der Waals surface area contributed by atoms with E-state index in [0.717, 1.165) is 5.56 Å². The maximum Gasteiger partial charge on any atom is 0.223 e. The fourth-order valence-corrected chi connectivity index (χ4v) is 0.994. The summed E-state index contributed by atoms with van der Waals surface area (Å²) in [5, 5.41) is 8.82. The Morgan fingerprint density at radius 3 is 2.53 bits per heavy atom. The van der Waals surface area contributed by atoms with Gasteiger partial charge in [0.05, 0.1) is 19.1 Å². The van der Waals surface area contributed by atoms with Crippen LogP contribution in [-0.4, -0.2) is 17.6 Å². The molecule has 0 radical (unpaired) electrons. The largest absolute Gasteiger partial charge is 0.493 e. The van der Waals surface area contributed by atoms with Crippen molar-refractivity contribution in [1.82, 2.24) is 0 Å². The standard InChI is InChI=1S/C11H15NO3/c1-8(11(12)14)7-15-10-4-2-9(6-13)3-5-10/h2-5,8,13H,6-7H2,1H3,(H2,12,14). The normalized spacial score (nSPS) is 12.1. The van der Waals surface area contributed by atoms with Gasteiger partial charge >= 0.3 is 0 Å². The Hall–Kier alpha value is -1.55. The monoisotopic (exact) mass is 209 g/mol. The number of aliphatic hydroxyl groups excluding tert-OH is 1. The molecule has 1 rings (SSSR count). The number of benzene rings is 1. The van der Waals surface area contributed by atoms with Crippen molar-refractivity contribution in [2.45, 2.75) is 13.5 Å². The summed E-state index contributed by atoms with van der Waals surface area (Å²) in [6, 6.07) is 7.03. The van der Waals surface area contributed by atoms with Crippen LogP contribution in [0.2, 0.25) is 0 Å². The summed E-state index contributed by atoms with van der Waals surface area (Å²) < 4.78 is 5.35. The highest BCUT2D eigenvalue weighted by Crippen LogP contribution is 2.13. The fourth-order valence-electron chi connectivity index (χ4n) is 0.994. The highest BCUT2D eigenvalue weighted by molar-refractivity contribution is 5.76. The average molecular weight is 209 g/mol. The van der Waals surface area contributed by atoms with E-state index in [0.29, 0.717) is 5.75 Å². The van der Waals surface area contributed by atoms with E-state index in [2.05, 4.69) is 0 Å². The molecule has 0 saturated carbocycles. The second kappa shape index (κ2) is 5.36. The van der Waals surface area contributed by atoms with Crippen molar-refractivity contribution in [2.75, 3.05) is 6.61 Å². The van der Waals surface area contributed by atoms with Crippen LogP contribution in [0.15, 0.2) is 24.3 Å². The predicted molar refractivity (Wildman–Crippen MR) is 56.2 cm³/mol. The van der Waals surface area contributed by atoms with E-state index >= 15 is 0 Å². The number of aliphatic hydroxyl groups is 1. The van der Waals surface area contributed by atoms with Gasteiger partial charge < -0.3 is 15.6 Å². The van der Waals surface area contributed by atoms with Crippen molar-refractivity contribution >= 4 is 5.91 Å². The number of carbonyl (C=O) groups is 1. The average Bonchev–Trinajstić information content (AvgIpc) is 2.26. The molecule has 0 aliphatic heterocycles. The van der Waals surface area contributed by atoms with Gasteiger partial charge in [-0.05, 0) is 17.7 Å². The second-order valence-corrected chi connectivity index (χ2v) is 3.42. The lowest BCUT2D eigenvalue weighted by Crippen LogP contribution is -2.25. The second-order valence-electron chi connectivity index (χ2n) is 3.42. The number of amides is 1. The minimum absolute atomic E-state index is 0.0119. The first-order chi connectivity index (χ1) is 7.13. The smallest absolute Gasteiger partial charge is 0.223 e. The van der Waals surface area contributed by atoms with E-state index in [9.17, 15) is 4.79 Å². The molecule has 0 bridgehead atoms. The first-order valence-corrected chi connectivity index (χ1v) is 4.75. The van der Waals surface area contributed by atoms with Crippen LogP contribution >= 0.6 is 0 Å². The van der Waals surface area contributed by atoms with E-state index in [-0.39, 0.29) is 25.0 Å². The summed E-state index contributed by atoms with van der Waals surface area (Å²) in [7, 11) is 0. The Bertz CT molecular complexity index is 321. The van der Waals surface area contributed by atoms with Gasteiger partial charge in [0.2, 0.25) is 5.91 Å². The Labute approximate surface area is 88.7 Å². The molecule has 0 heterocycles. The van der Waals surface area contributed by atoms with Crippen molar-refractivity contribution < 1.29 is 14.6 Å². The molecule has 0 aromatic heterocycles. The van der Waals surface area contributed by atoms with Crippen LogP contribution in [-0.2, 0) is 11.4 Å². The first-order valence-electron chi connectivity index (χ1n) is 4.75. The van der Waals surface area contributed by atoms with Gasteiger partial charge in [0, 0.05) is 0 Å². The van der Waals surface area contributed by atoms with Gasteiger partial charge in [0.1, 0.15) is 5.75 Å². The zero-order valence-electron chi connectivity index (χ0n) is 8.64. The van der Waals surface area contributed by atoms with Gasteiger partial charge in [-0.25, -0.2) is 0 Å². The van der Waals surface area contributed by atoms with Crippen molar-refractivity contribution in [3.8, 4) is 5.75 Å². The van der Waals surface area contributed by atoms with E-state index < -0.39 is 0 Å². The van der Waals surface area contributed by atoms with Gasteiger partial charge in [0.15, 0.2) is 0 Å². The van der Waals surface area contributed by atoms with Crippen LogP contribution in [0.5, 0.6) is 5.75 Å². The SMILES string of the molecule is CC(COc1ccc(CO)cc1)C(N)=O. The molecule has 1 amide bonds. The third-order valence-electron chi connectivity index (χ3n) is 2.09. The molecule has 0 saturated heterocycles. The molecule has 1 atom stereocenters. The molecular weight excluding hydrogens is 194 g/mol. The zero-order chi connectivity index (χ0) is 11.3. The molecule has 0 aliphatic rings. The maximum absolute atomic E-state index is 10.7. The van der Waals surface area contributed by atoms with Gasteiger partial charge in [0.25, 0.3) is 0 Å². The molecule has 15 heavy (non-hydrogen) atoms. The Kier molecular flexibility index (Phi) is 4.12. The van der Waals surface area contributed by atoms with Crippen molar-refractivity contribution in [1.29, 1.82) is 0 Å². The number of nitrogens with two attached hydrogens (primary N) is 1. The first kappa shape index (κ1) is 11.5. The Morgan fingerprint density at radius 1 is 1.47 bits per heavy atom. The lowest BCUT2D eigenvalue weighted by molar-refractivity contribution is -0.122. The summed E-state index contributed by atoms with van der Waals surface area (Å²) in [5.41, 5.74) is 5.92. The third-order valence-corrected chi connectivity index (χ3v) is 2.09. The van der Waals surface area contributed by atoms with Crippen molar-refractivity contribution in [2.24, 2.45) is 11.7 Å². The molecule has 4 nitrogen and oxygen atoms in total. The van der Waals surface area contributed by atoms with Crippen LogP contribution in [0.4, 0.5) is 0 Å². The molecule has 1 unspecified atom stereocenters. The van der Waals surface area contributed by atoms with E-state index in [1.165, 1.54) is 0 Å². The number of hydrogen-bond donors (Lipinski definition) is 2. The Balaban J connectivity index is 2.47. The Morgan fingerprint density at radius 2 is 2.07 bits per heavy atom. The quantitative estimate of drug-likeness (QED) is 0.749. The minimum Gasteiger partial charge on any atom is -0.493 e. The summed E-state index contributed by atoms with van der Waals surface area (Å²) in [5.74, 6) is -0.00945. The lowest BCUT2D eigenvalue weighted by Gasteiger charge is -2.09. The molecule has 1 aromatic carbocycles. The third kappa shape index (κ3) is 3.59. The van der Waals surface area contributed by atoms with Crippen LogP contribution in [0, 0.1) is 5.92 Å². The highest BCUT2D eigenvalue weighted by atomic mass is 16.5. The minimum atomic E-state index is -0.373. The van der Waals surface area contributed by atoms with Crippen LogP contribution < -0.4 is 10.5 Å². The van der Waals surface area contributed by atoms with Crippen LogP contribution in [0.25, 0.3) is 0 Å². The molecular formula is C11H15NO3. The number of ether oxygens (including phenoxy) is 1. The molecule has 0 fully saturated rings. The summed E-state index contributed by atoms with van der Waals surface area (Å²) in [4.78, 5) is 10.7. The molecule has 1 aromatic rings. The fraction of sp³-hybridized carbons (Fsp3) is 0.364. The van der Waals surface area contributed by atoms with E-state index in [1.807, 2.05) is 0 Å². The number of primary amides is 1. The van der Waals surface area contributed by atoms with Crippen molar-refractivity contribution in [3.63, 3.8) is 0 Å². The number of rotatable bonds is 5. The topological polar surface area (TPSA) is 72.6 Å². The van der Waals surface area contributed by atoms with Gasteiger partial charge in [-0.1, -0.05) is 19.1 Å². The lowest BCUT2D eigenvalue weighted by atomic mass is 10.2. The van der Waals surface area contributed by atoms with Gasteiger partial charge in [-0.3, -0.25) is 4.79 Å². The molecule has 82 valence electrons. The van der Waals surface area contributed by atoms with Gasteiger partial charge in [-0.2, -0.15) is 0 Å². The molecule has 4 heteroatoms. The zero-order valence-corrected chi connectivity index (χ0v) is 8.64. The molecule has 3 N–H and O–H groups in total. The van der Waals surface area contributed by atoms with Crippen LogP contribution in [0.3, 0.4) is 0 Å². The summed E-state index contributed by atoms with van der Waals surface area (Å²) in [6.07, 6.45) is 0. The highest BCUT2D eigenvalue weighted by Gasteiger charge is 2.08. The maximum atomic E-state index is 10.7. The van der Waals surface area contributed by atoms with E-state index in [1.54, 1.807) is 31.2 Å². The molecule has 0 spiro atoms. The number of hydrogen-bond acceptors (Lipinski definition) is 3. The van der Waals surface area contributed by atoms with E-state index in [4.69, 9.17) is 15.6 Å².